The summed E-state index contributed by atoms with van der Waals surface area (Å²) in [5, 5.41) is 5.92. The van der Waals surface area contributed by atoms with E-state index in [1.807, 2.05) is 38.1 Å². The van der Waals surface area contributed by atoms with E-state index in [1.165, 1.54) is 24.3 Å². The van der Waals surface area contributed by atoms with E-state index in [4.69, 9.17) is 4.74 Å². The van der Waals surface area contributed by atoms with E-state index >= 15 is 0 Å². The van der Waals surface area contributed by atoms with Gasteiger partial charge < -0.3 is 15.4 Å². The Morgan fingerprint density at radius 3 is 2.30 bits per heavy atom. The van der Waals surface area contributed by atoms with E-state index in [0.717, 1.165) is 17.1 Å². The van der Waals surface area contributed by atoms with E-state index in [1.54, 1.807) is 18.3 Å². The molecule has 1 aromatic heterocycles. The Hall–Kier alpha value is -3.41. The number of rotatable bonds is 6. The molecule has 6 heteroatoms. The van der Waals surface area contributed by atoms with Gasteiger partial charge in [0.05, 0.1) is 6.10 Å². The van der Waals surface area contributed by atoms with Gasteiger partial charge in [-0.2, -0.15) is 0 Å². The van der Waals surface area contributed by atoms with E-state index < -0.39 is 0 Å². The number of ether oxygens (including phenoxy) is 1. The third-order valence-electron chi connectivity index (χ3n) is 3.61. The molecule has 3 aromatic rings. The van der Waals surface area contributed by atoms with Crippen molar-refractivity contribution in [2.75, 3.05) is 10.6 Å². The van der Waals surface area contributed by atoms with Crippen LogP contribution in [0.25, 0.3) is 0 Å². The van der Waals surface area contributed by atoms with Crippen LogP contribution < -0.4 is 15.4 Å². The normalized spacial score (nSPS) is 10.5. The topological polar surface area (TPSA) is 63.2 Å². The first-order valence-corrected chi connectivity index (χ1v) is 8.56. The molecule has 1 heterocycles. The monoisotopic (exact) mass is 365 g/mol. The summed E-state index contributed by atoms with van der Waals surface area (Å²) in [7, 11) is 0. The molecule has 0 atom stereocenters. The molecule has 0 unspecified atom stereocenters. The first-order valence-electron chi connectivity index (χ1n) is 8.56. The Bertz CT molecular complexity index is 909. The zero-order valence-corrected chi connectivity index (χ0v) is 15.1. The summed E-state index contributed by atoms with van der Waals surface area (Å²) in [6.45, 7) is 3.95. The summed E-state index contributed by atoms with van der Waals surface area (Å²) < 4.78 is 18.6. The maximum absolute atomic E-state index is 13.0. The van der Waals surface area contributed by atoms with Crippen LogP contribution in [0.1, 0.15) is 24.3 Å². The van der Waals surface area contributed by atoms with Crippen LogP contribution in [0.3, 0.4) is 0 Å². The summed E-state index contributed by atoms with van der Waals surface area (Å²) in [5.41, 5.74) is 2.35. The van der Waals surface area contributed by atoms with Crippen molar-refractivity contribution in [3.05, 3.63) is 78.4 Å². The van der Waals surface area contributed by atoms with Crippen LogP contribution in [0.2, 0.25) is 0 Å². The van der Waals surface area contributed by atoms with Crippen LogP contribution in [0.4, 0.5) is 21.5 Å². The fourth-order valence-corrected chi connectivity index (χ4v) is 2.42. The fraction of sp³-hybridized carbons (Fsp3) is 0.143. The summed E-state index contributed by atoms with van der Waals surface area (Å²) in [5.74, 6) is 0.0673. The predicted octanol–water partition coefficient (Wildman–Crippen LogP) is 5.00. The van der Waals surface area contributed by atoms with Crippen LogP contribution in [0.5, 0.6) is 5.75 Å². The molecule has 1 amide bonds. The number of halogens is 1. The van der Waals surface area contributed by atoms with E-state index in [0.29, 0.717) is 5.69 Å². The van der Waals surface area contributed by atoms with Gasteiger partial charge in [-0.1, -0.05) is 0 Å². The van der Waals surface area contributed by atoms with Crippen molar-refractivity contribution in [2.24, 2.45) is 0 Å². The minimum Gasteiger partial charge on any atom is -0.491 e. The number of aromatic nitrogens is 1. The lowest BCUT2D eigenvalue weighted by molar-refractivity contribution is 0.102. The summed E-state index contributed by atoms with van der Waals surface area (Å²) in [4.78, 5) is 16.4. The summed E-state index contributed by atoms with van der Waals surface area (Å²) >= 11 is 0. The van der Waals surface area contributed by atoms with Gasteiger partial charge in [0.25, 0.3) is 5.91 Å². The van der Waals surface area contributed by atoms with Gasteiger partial charge in [-0.25, -0.2) is 4.39 Å². The Kier molecular flexibility index (Phi) is 5.66. The zero-order chi connectivity index (χ0) is 19.2. The molecule has 2 aromatic carbocycles. The molecule has 5 nitrogen and oxygen atoms in total. The van der Waals surface area contributed by atoms with Crippen molar-refractivity contribution in [1.29, 1.82) is 0 Å². The lowest BCUT2D eigenvalue weighted by Crippen LogP contribution is -2.13. The van der Waals surface area contributed by atoms with Gasteiger partial charge in [-0.05, 0) is 74.5 Å². The number of pyridine rings is 1. The van der Waals surface area contributed by atoms with Crippen molar-refractivity contribution >= 4 is 23.0 Å². The molecule has 0 radical (unpaired) electrons. The van der Waals surface area contributed by atoms with Gasteiger partial charge >= 0.3 is 0 Å². The van der Waals surface area contributed by atoms with Crippen LogP contribution in [0.15, 0.2) is 66.9 Å². The number of hydrogen-bond donors (Lipinski definition) is 2. The first kappa shape index (κ1) is 18.4. The molecular weight excluding hydrogens is 345 g/mol. The lowest BCUT2D eigenvalue weighted by atomic mass is 10.2. The van der Waals surface area contributed by atoms with Gasteiger partial charge in [-0.3, -0.25) is 9.78 Å². The second-order valence-corrected chi connectivity index (χ2v) is 6.21. The Morgan fingerprint density at radius 1 is 0.963 bits per heavy atom. The van der Waals surface area contributed by atoms with Crippen LogP contribution in [0, 0.1) is 5.82 Å². The quantitative estimate of drug-likeness (QED) is 0.645. The third-order valence-corrected chi connectivity index (χ3v) is 3.61. The largest absolute Gasteiger partial charge is 0.491 e. The van der Waals surface area contributed by atoms with Crippen molar-refractivity contribution in [2.45, 2.75) is 20.0 Å². The van der Waals surface area contributed by atoms with Gasteiger partial charge in [0.2, 0.25) is 0 Å². The number of hydrogen-bond acceptors (Lipinski definition) is 4. The molecule has 3 rings (SSSR count). The molecule has 2 N–H and O–H groups in total. The number of carbonyl (C=O) groups excluding carboxylic acids is 1. The molecule has 0 aliphatic heterocycles. The van der Waals surface area contributed by atoms with Crippen molar-refractivity contribution in [3.63, 3.8) is 0 Å². The molecule has 0 fully saturated rings. The van der Waals surface area contributed by atoms with Crippen molar-refractivity contribution < 1.29 is 13.9 Å². The first-order chi connectivity index (χ1) is 13.0. The highest BCUT2D eigenvalue weighted by atomic mass is 19.1. The second-order valence-electron chi connectivity index (χ2n) is 6.21. The van der Waals surface area contributed by atoms with Gasteiger partial charge in [0, 0.05) is 23.3 Å². The Balaban J connectivity index is 1.67. The highest BCUT2D eigenvalue weighted by molar-refractivity contribution is 6.03. The van der Waals surface area contributed by atoms with Crippen LogP contribution >= 0.6 is 0 Å². The molecule has 0 aliphatic rings. The highest BCUT2D eigenvalue weighted by Gasteiger charge is 2.09. The van der Waals surface area contributed by atoms with Crippen molar-refractivity contribution in [1.82, 2.24) is 4.98 Å². The SMILES string of the molecule is CC(C)Oc1ccc(Nc2ccnc(C(=O)Nc3ccc(F)cc3)c2)cc1. The van der Waals surface area contributed by atoms with Crippen molar-refractivity contribution in [3.8, 4) is 5.75 Å². The predicted molar refractivity (Wildman–Crippen MR) is 104 cm³/mol. The fourth-order valence-electron chi connectivity index (χ4n) is 2.42. The van der Waals surface area contributed by atoms with Gasteiger partial charge in [0.1, 0.15) is 17.3 Å². The van der Waals surface area contributed by atoms with Crippen LogP contribution in [-0.4, -0.2) is 17.0 Å². The third kappa shape index (κ3) is 5.28. The summed E-state index contributed by atoms with van der Waals surface area (Å²) in [6.07, 6.45) is 1.67. The average Bonchev–Trinajstić information content (AvgIpc) is 2.65. The molecule has 0 spiro atoms. The Morgan fingerprint density at radius 2 is 1.63 bits per heavy atom. The average molecular weight is 365 g/mol. The number of nitrogens with one attached hydrogen (secondary N) is 2. The molecular formula is C21H20FN3O2. The van der Waals surface area contributed by atoms with Crippen LogP contribution in [-0.2, 0) is 0 Å². The number of anilines is 3. The molecule has 0 bridgehead atoms. The van der Waals surface area contributed by atoms with Gasteiger partial charge in [-0.15, -0.1) is 0 Å². The second kappa shape index (κ2) is 8.31. The smallest absolute Gasteiger partial charge is 0.274 e. The number of benzene rings is 2. The molecule has 0 aliphatic carbocycles. The number of carbonyl (C=O) groups is 1. The minimum absolute atomic E-state index is 0.117. The molecule has 138 valence electrons. The van der Waals surface area contributed by atoms with Gasteiger partial charge in [0.15, 0.2) is 0 Å². The van der Waals surface area contributed by atoms with E-state index in [2.05, 4.69) is 15.6 Å². The lowest BCUT2D eigenvalue weighted by Gasteiger charge is -2.11. The summed E-state index contributed by atoms with van der Waals surface area (Å²) in [6, 6.07) is 16.5. The number of amides is 1. The number of nitrogens with zero attached hydrogens (tertiary/aromatic N) is 1. The van der Waals surface area contributed by atoms with E-state index in [9.17, 15) is 9.18 Å². The Labute approximate surface area is 157 Å². The maximum atomic E-state index is 13.0. The van der Waals surface area contributed by atoms with E-state index in [-0.39, 0.29) is 23.5 Å². The molecule has 0 saturated carbocycles. The zero-order valence-electron chi connectivity index (χ0n) is 15.1. The molecule has 0 saturated heterocycles. The standard InChI is InChI=1S/C21H20FN3O2/c1-14(2)27-19-9-7-16(8-10-19)24-18-11-12-23-20(13-18)21(26)25-17-5-3-15(22)4-6-17/h3-14H,1-2H3,(H,23,24)(H,25,26). The molecule has 27 heavy (non-hydrogen) atoms. The highest BCUT2D eigenvalue weighted by Crippen LogP contribution is 2.21. The minimum atomic E-state index is -0.370. The maximum Gasteiger partial charge on any atom is 0.274 e.